The average Bonchev–Trinajstić information content (AvgIpc) is 2.94. The Hall–Kier alpha value is -2.61. The molecule has 0 saturated carbocycles. The molecule has 3 N–H and O–H groups in total. The van der Waals surface area contributed by atoms with Gasteiger partial charge in [0.25, 0.3) is 0 Å². The first-order valence-corrected chi connectivity index (χ1v) is 7.87. The van der Waals surface area contributed by atoms with Crippen molar-refractivity contribution in [2.24, 2.45) is 5.92 Å². The van der Waals surface area contributed by atoms with Crippen LogP contribution in [0.5, 0.6) is 5.75 Å². The molecule has 1 saturated heterocycles. The maximum atomic E-state index is 12.1. The van der Waals surface area contributed by atoms with Crippen molar-refractivity contribution in [2.45, 2.75) is 25.5 Å². The summed E-state index contributed by atoms with van der Waals surface area (Å²) in [6, 6.07) is 7.30. The molecule has 1 aromatic carbocycles. The topological polar surface area (TPSA) is 116 Å². The maximum absolute atomic E-state index is 12.1. The van der Waals surface area contributed by atoms with Gasteiger partial charge < -0.3 is 25.2 Å². The monoisotopic (exact) mass is 350 g/mol. The standard InChI is InChI=1S/C17H22N2O6/c1-17(24,16(22)23)10-18-15(21)12-7-14(20)19(9-12)8-11-3-5-13(25-2)6-4-11/h3-6,12,24H,7-10H2,1-2H3,(H,18,21)(H,22,23). The minimum Gasteiger partial charge on any atom is -0.497 e. The summed E-state index contributed by atoms with van der Waals surface area (Å²) in [5.74, 6) is -1.83. The summed E-state index contributed by atoms with van der Waals surface area (Å²) in [6.07, 6.45) is 0.0667. The van der Waals surface area contributed by atoms with Gasteiger partial charge >= 0.3 is 5.97 Å². The number of amides is 2. The van der Waals surface area contributed by atoms with E-state index in [2.05, 4.69) is 5.32 Å². The number of hydrogen-bond donors (Lipinski definition) is 3. The van der Waals surface area contributed by atoms with E-state index in [9.17, 15) is 19.5 Å². The fraction of sp³-hybridized carbons (Fsp3) is 0.471. The number of methoxy groups -OCH3 is 1. The van der Waals surface area contributed by atoms with E-state index in [1.807, 2.05) is 12.1 Å². The number of benzene rings is 1. The Morgan fingerprint density at radius 3 is 2.56 bits per heavy atom. The quantitative estimate of drug-likeness (QED) is 0.637. The number of aliphatic carboxylic acids is 1. The van der Waals surface area contributed by atoms with Crippen molar-refractivity contribution in [2.75, 3.05) is 20.2 Å². The molecule has 25 heavy (non-hydrogen) atoms. The molecule has 1 fully saturated rings. The minimum atomic E-state index is -2.04. The molecule has 0 bridgehead atoms. The largest absolute Gasteiger partial charge is 0.497 e. The van der Waals surface area contributed by atoms with Gasteiger partial charge in [0.2, 0.25) is 11.8 Å². The van der Waals surface area contributed by atoms with Gasteiger partial charge in [-0.25, -0.2) is 4.79 Å². The second kappa shape index (κ2) is 7.52. The fourth-order valence-corrected chi connectivity index (χ4v) is 2.53. The molecule has 0 aliphatic carbocycles. The molecule has 8 heteroatoms. The van der Waals surface area contributed by atoms with Crippen LogP contribution >= 0.6 is 0 Å². The summed E-state index contributed by atoms with van der Waals surface area (Å²) in [6.45, 7) is 1.33. The molecule has 2 atom stereocenters. The number of rotatable bonds is 7. The Kier molecular flexibility index (Phi) is 5.63. The lowest BCUT2D eigenvalue weighted by Gasteiger charge is -2.20. The van der Waals surface area contributed by atoms with Crippen molar-refractivity contribution < 1.29 is 29.3 Å². The van der Waals surface area contributed by atoms with Crippen LogP contribution in [0.4, 0.5) is 0 Å². The van der Waals surface area contributed by atoms with Gasteiger partial charge in [-0.2, -0.15) is 0 Å². The van der Waals surface area contributed by atoms with Gasteiger partial charge in [-0.3, -0.25) is 9.59 Å². The first-order valence-electron chi connectivity index (χ1n) is 7.87. The summed E-state index contributed by atoms with van der Waals surface area (Å²) in [7, 11) is 1.57. The maximum Gasteiger partial charge on any atom is 0.337 e. The van der Waals surface area contributed by atoms with Gasteiger partial charge in [-0.15, -0.1) is 0 Å². The Balaban J connectivity index is 1.90. The molecule has 136 valence electrons. The van der Waals surface area contributed by atoms with E-state index in [1.54, 1.807) is 24.1 Å². The van der Waals surface area contributed by atoms with E-state index in [0.29, 0.717) is 6.54 Å². The highest BCUT2D eigenvalue weighted by molar-refractivity contribution is 5.89. The molecule has 1 aromatic rings. The summed E-state index contributed by atoms with van der Waals surface area (Å²) >= 11 is 0. The lowest BCUT2D eigenvalue weighted by molar-refractivity contribution is -0.156. The van der Waals surface area contributed by atoms with Crippen LogP contribution in [0.15, 0.2) is 24.3 Å². The van der Waals surface area contributed by atoms with E-state index in [0.717, 1.165) is 18.2 Å². The third kappa shape index (κ3) is 4.69. The summed E-state index contributed by atoms with van der Waals surface area (Å²) in [5, 5.41) is 20.9. The summed E-state index contributed by atoms with van der Waals surface area (Å²) < 4.78 is 5.08. The summed E-state index contributed by atoms with van der Waals surface area (Å²) in [5.41, 5.74) is -1.12. The molecule has 1 heterocycles. The van der Waals surface area contributed by atoms with Crippen LogP contribution < -0.4 is 10.1 Å². The van der Waals surface area contributed by atoms with Gasteiger partial charge in [0.15, 0.2) is 5.60 Å². The Morgan fingerprint density at radius 2 is 2.00 bits per heavy atom. The van der Waals surface area contributed by atoms with E-state index in [-0.39, 0.29) is 18.9 Å². The van der Waals surface area contributed by atoms with E-state index in [4.69, 9.17) is 9.84 Å². The van der Waals surface area contributed by atoms with Crippen molar-refractivity contribution in [3.8, 4) is 5.75 Å². The lowest BCUT2D eigenvalue weighted by Crippen LogP contribution is -2.48. The van der Waals surface area contributed by atoms with E-state index >= 15 is 0 Å². The number of nitrogens with one attached hydrogen (secondary N) is 1. The zero-order chi connectivity index (χ0) is 18.6. The third-order valence-electron chi connectivity index (χ3n) is 4.19. The Labute approximate surface area is 145 Å². The number of ether oxygens (including phenoxy) is 1. The molecule has 0 radical (unpaired) electrons. The number of carboxylic acid groups (broad SMARTS) is 1. The van der Waals surface area contributed by atoms with E-state index in [1.165, 1.54) is 0 Å². The number of likely N-dealkylation sites (tertiary alicyclic amines) is 1. The Bertz CT molecular complexity index is 656. The van der Waals surface area contributed by atoms with Crippen molar-refractivity contribution in [1.29, 1.82) is 0 Å². The van der Waals surface area contributed by atoms with Crippen LogP contribution in [0.3, 0.4) is 0 Å². The zero-order valence-corrected chi connectivity index (χ0v) is 14.2. The molecule has 0 spiro atoms. The number of carbonyl (C=O) groups is 3. The second-order valence-electron chi connectivity index (χ2n) is 6.32. The predicted molar refractivity (Wildman–Crippen MR) is 87.8 cm³/mol. The number of aliphatic hydroxyl groups is 1. The van der Waals surface area contributed by atoms with Gasteiger partial charge in [-0.05, 0) is 24.6 Å². The Morgan fingerprint density at radius 1 is 1.36 bits per heavy atom. The molecule has 2 unspecified atom stereocenters. The van der Waals surface area contributed by atoms with Crippen LogP contribution in [0.25, 0.3) is 0 Å². The van der Waals surface area contributed by atoms with Crippen molar-refractivity contribution in [3.05, 3.63) is 29.8 Å². The molecule has 2 rings (SSSR count). The zero-order valence-electron chi connectivity index (χ0n) is 14.2. The first-order chi connectivity index (χ1) is 11.7. The predicted octanol–water partition coefficient (Wildman–Crippen LogP) is -0.00450. The highest BCUT2D eigenvalue weighted by Crippen LogP contribution is 2.21. The molecule has 8 nitrogen and oxygen atoms in total. The average molecular weight is 350 g/mol. The molecule has 1 aliphatic rings. The van der Waals surface area contributed by atoms with Gasteiger partial charge in [0.05, 0.1) is 19.6 Å². The van der Waals surface area contributed by atoms with Gasteiger partial charge in [0.1, 0.15) is 5.75 Å². The van der Waals surface area contributed by atoms with Crippen LogP contribution in [0.2, 0.25) is 0 Å². The fourth-order valence-electron chi connectivity index (χ4n) is 2.53. The van der Waals surface area contributed by atoms with Crippen molar-refractivity contribution in [3.63, 3.8) is 0 Å². The molecule has 0 aromatic heterocycles. The first kappa shape index (κ1) is 18.7. The molecular formula is C17H22N2O6. The van der Waals surface area contributed by atoms with Crippen molar-refractivity contribution in [1.82, 2.24) is 10.2 Å². The van der Waals surface area contributed by atoms with E-state index < -0.39 is 29.9 Å². The van der Waals surface area contributed by atoms with Gasteiger partial charge in [0, 0.05) is 19.5 Å². The number of carboxylic acids is 1. The number of carbonyl (C=O) groups excluding carboxylic acids is 2. The highest BCUT2D eigenvalue weighted by atomic mass is 16.5. The minimum absolute atomic E-state index is 0.0667. The molecular weight excluding hydrogens is 328 g/mol. The smallest absolute Gasteiger partial charge is 0.337 e. The van der Waals surface area contributed by atoms with Crippen LogP contribution in [-0.2, 0) is 20.9 Å². The normalized spacial score (nSPS) is 19.4. The van der Waals surface area contributed by atoms with Crippen LogP contribution in [0, 0.1) is 5.92 Å². The lowest BCUT2D eigenvalue weighted by atomic mass is 10.1. The molecule has 1 aliphatic heterocycles. The number of nitrogens with zero attached hydrogens (tertiary/aromatic N) is 1. The number of hydrogen-bond acceptors (Lipinski definition) is 5. The highest BCUT2D eigenvalue weighted by Gasteiger charge is 2.36. The third-order valence-corrected chi connectivity index (χ3v) is 4.19. The SMILES string of the molecule is COc1ccc(CN2CC(C(=O)NCC(C)(O)C(=O)O)CC2=O)cc1. The van der Waals surface area contributed by atoms with Crippen LogP contribution in [-0.4, -0.2) is 58.7 Å². The van der Waals surface area contributed by atoms with Crippen molar-refractivity contribution >= 4 is 17.8 Å². The molecule has 2 amide bonds. The van der Waals surface area contributed by atoms with Crippen LogP contribution in [0.1, 0.15) is 18.9 Å². The second-order valence-corrected chi connectivity index (χ2v) is 6.32. The summed E-state index contributed by atoms with van der Waals surface area (Å²) in [4.78, 5) is 36.7. The van der Waals surface area contributed by atoms with Gasteiger partial charge in [-0.1, -0.05) is 12.1 Å².